The van der Waals surface area contributed by atoms with Crippen molar-refractivity contribution in [2.24, 2.45) is 5.92 Å². The van der Waals surface area contributed by atoms with Gasteiger partial charge in [0, 0.05) is 11.3 Å². The molecular formula is C18H26N2O4. The number of carboxylic acids is 1. The van der Waals surface area contributed by atoms with Crippen LogP contribution >= 0.6 is 0 Å². The number of carbonyl (C=O) groups is 3. The molecule has 6 nitrogen and oxygen atoms in total. The zero-order valence-electron chi connectivity index (χ0n) is 14.8. The number of aliphatic carboxylic acids is 1. The molecule has 132 valence electrons. The van der Waals surface area contributed by atoms with Crippen LogP contribution in [0, 0.1) is 19.8 Å². The van der Waals surface area contributed by atoms with Crippen molar-refractivity contribution >= 4 is 17.7 Å². The fourth-order valence-electron chi connectivity index (χ4n) is 3.76. The van der Waals surface area contributed by atoms with Gasteiger partial charge in [0.05, 0.1) is 0 Å². The summed E-state index contributed by atoms with van der Waals surface area (Å²) in [5.41, 5.74) is 0.754. The number of nitrogens with one attached hydrogen (secondary N) is 2. The lowest BCUT2D eigenvalue weighted by Gasteiger charge is -2.37. The van der Waals surface area contributed by atoms with Crippen LogP contribution in [-0.2, 0) is 4.79 Å². The summed E-state index contributed by atoms with van der Waals surface area (Å²) in [4.78, 5) is 39.1. The second-order valence-corrected chi connectivity index (χ2v) is 6.87. The second-order valence-electron chi connectivity index (χ2n) is 6.87. The number of H-pyrrole nitrogens is 1. The SMILES string of the molecule is CCC1CCC(NC(=O)c2[nH]c(C)c(C(C)=O)c2C)(C(=O)O)CC1. The molecule has 1 heterocycles. The van der Waals surface area contributed by atoms with Crippen LogP contribution in [-0.4, -0.2) is 33.3 Å². The summed E-state index contributed by atoms with van der Waals surface area (Å²) in [6.07, 6.45) is 3.49. The Morgan fingerprint density at radius 1 is 1.25 bits per heavy atom. The van der Waals surface area contributed by atoms with E-state index in [4.69, 9.17) is 0 Å². The Kier molecular flexibility index (Phi) is 5.16. The highest BCUT2D eigenvalue weighted by Crippen LogP contribution is 2.34. The summed E-state index contributed by atoms with van der Waals surface area (Å²) in [6.45, 7) is 7.00. The summed E-state index contributed by atoms with van der Waals surface area (Å²) >= 11 is 0. The number of amides is 1. The molecular weight excluding hydrogens is 308 g/mol. The average Bonchev–Trinajstić information content (AvgIpc) is 2.82. The molecule has 1 aromatic heterocycles. The quantitative estimate of drug-likeness (QED) is 0.721. The Morgan fingerprint density at radius 3 is 2.25 bits per heavy atom. The van der Waals surface area contributed by atoms with Crippen LogP contribution in [0.1, 0.15) is 78.1 Å². The number of ketones is 1. The summed E-state index contributed by atoms with van der Waals surface area (Å²) < 4.78 is 0. The maximum absolute atomic E-state index is 12.7. The predicted octanol–water partition coefficient (Wildman–Crippen LogP) is 2.99. The first kappa shape index (κ1) is 18.2. The normalized spacial score (nSPS) is 23.8. The van der Waals surface area contributed by atoms with Crippen LogP contribution in [0.4, 0.5) is 0 Å². The fraction of sp³-hybridized carbons (Fsp3) is 0.611. The van der Waals surface area contributed by atoms with Gasteiger partial charge < -0.3 is 15.4 Å². The minimum Gasteiger partial charge on any atom is -0.480 e. The molecule has 24 heavy (non-hydrogen) atoms. The van der Waals surface area contributed by atoms with Crippen LogP contribution in [0.2, 0.25) is 0 Å². The van der Waals surface area contributed by atoms with Gasteiger partial charge in [-0.1, -0.05) is 13.3 Å². The number of carbonyl (C=O) groups excluding carboxylic acids is 2. The van der Waals surface area contributed by atoms with E-state index in [0.717, 1.165) is 19.3 Å². The van der Waals surface area contributed by atoms with Crippen molar-refractivity contribution < 1.29 is 19.5 Å². The predicted molar refractivity (Wildman–Crippen MR) is 90.4 cm³/mol. The van der Waals surface area contributed by atoms with Crippen LogP contribution in [0.25, 0.3) is 0 Å². The van der Waals surface area contributed by atoms with Crippen molar-refractivity contribution in [3.8, 4) is 0 Å². The van der Waals surface area contributed by atoms with Crippen LogP contribution < -0.4 is 5.32 Å². The molecule has 1 aromatic rings. The molecule has 1 aliphatic carbocycles. The average molecular weight is 334 g/mol. The van der Waals surface area contributed by atoms with Gasteiger partial charge in [0.25, 0.3) is 5.91 Å². The number of hydrogen-bond acceptors (Lipinski definition) is 3. The minimum absolute atomic E-state index is 0.114. The highest BCUT2D eigenvalue weighted by Gasteiger charge is 2.43. The molecule has 0 radical (unpaired) electrons. The minimum atomic E-state index is -1.22. The molecule has 0 atom stereocenters. The standard InChI is InChI=1S/C18H26N2O4/c1-5-13-6-8-18(9-7-13,17(23)24)20-16(22)15-10(2)14(12(4)21)11(3)19-15/h13,19H,5-9H2,1-4H3,(H,20,22)(H,23,24). The molecule has 0 unspecified atom stereocenters. The lowest BCUT2D eigenvalue weighted by Crippen LogP contribution is -2.56. The topological polar surface area (TPSA) is 99.3 Å². The first-order valence-corrected chi connectivity index (χ1v) is 8.47. The van der Waals surface area contributed by atoms with Gasteiger partial charge in [-0.15, -0.1) is 0 Å². The van der Waals surface area contributed by atoms with Gasteiger partial charge in [0.2, 0.25) is 0 Å². The molecule has 3 N–H and O–H groups in total. The lowest BCUT2D eigenvalue weighted by atomic mass is 9.75. The Morgan fingerprint density at radius 2 is 1.83 bits per heavy atom. The molecule has 0 aliphatic heterocycles. The van der Waals surface area contributed by atoms with E-state index in [2.05, 4.69) is 17.2 Å². The van der Waals surface area contributed by atoms with Gasteiger partial charge in [-0.25, -0.2) is 4.79 Å². The zero-order chi connectivity index (χ0) is 18.1. The van der Waals surface area contributed by atoms with Crippen molar-refractivity contribution in [1.29, 1.82) is 0 Å². The molecule has 1 fully saturated rings. The van der Waals surface area contributed by atoms with Crippen LogP contribution in [0.3, 0.4) is 0 Å². The van der Waals surface area contributed by atoms with Gasteiger partial charge in [0.15, 0.2) is 5.78 Å². The number of aryl methyl sites for hydroxylation is 1. The Hall–Kier alpha value is -2.11. The number of carboxylic acid groups (broad SMARTS) is 1. The van der Waals surface area contributed by atoms with E-state index < -0.39 is 17.4 Å². The van der Waals surface area contributed by atoms with Crippen molar-refractivity contribution in [2.75, 3.05) is 0 Å². The van der Waals surface area contributed by atoms with Crippen molar-refractivity contribution in [3.63, 3.8) is 0 Å². The molecule has 6 heteroatoms. The van der Waals surface area contributed by atoms with E-state index in [1.54, 1.807) is 13.8 Å². The van der Waals surface area contributed by atoms with Crippen molar-refractivity contribution in [2.45, 2.75) is 65.3 Å². The molecule has 0 saturated heterocycles. The third-order valence-corrected chi connectivity index (χ3v) is 5.31. The molecule has 2 rings (SSSR count). The van der Waals surface area contributed by atoms with Gasteiger partial charge in [-0.3, -0.25) is 9.59 Å². The van der Waals surface area contributed by atoms with E-state index in [1.165, 1.54) is 6.92 Å². The maximum Gasteiger partial charge on any atom is 0.329 e. The highest BCUT2D eigenvalue weighted by atomic mass is 16.4. The molecule has 1 saturated carbocycles. The molecule has 1 aliphatic rings. The smallest absolute Gasteiger partial charge is 0.329 e. The first-order chi connectivity index (χ1) is 11.2. The summed E-state index contributed by atoms with van der Waals surface area (Å²) in [5.74, 6) is -1.04. The zero-order valence-corrected chi connectivity index (χ0v) is 14.8. The number of aromatic nitrogens is 1. The second kappa shape index (κ2) is 6.79. The van der Waals surface area contributed by atoms with E-state index in [0.29, 0.717) is 35.6 Å². The summed E-state index contributed by atoms with van der Waals surface area (Å²) in [7, 11) is 0. The number of aromatic amines is 1. The van der Waals surface area contributed by atoms with Crippen LogP contribution in [0.15, 0.2) is 0 Å². The first-order valence-electron chi connectivity index (χ1n) is 8.47. The molecule has 0 spiro atoms. The Bertz CT molecular complexity index is 667. The largest absolute Gasteiger partial charge is 0.480 e. The third kappa shape index (κ3) is 3.23. The van der Waals surface area contributed by atoms with Crippen molar-refractivity contribution in [1.82, 2.24) is 10.3 Å². The van der Waals surface area contributed by atoms with Gasteiger partial charge >= 0.3 is 5.97 Å². The summed E-state index contributed by atoms with van der Waals surface area (Å²) in [6, 6.07) is 0. The fourth-order valence-corrected chi connectivity index (χ4v) is 3.76. The third-order valence-electron chi connectivity index (χ3n) is 5.31. The van der Waals surface area contributed by atoms with Crippen LogP contribution in [0.5, 0.6) is 0 Å². The van der Waals surface area contributed by atoms with Gasteiger partial charge in [-0.2, -0.15) is 0 Å². The van der Waals surface area contributed by atoms with E-state index in [-0.39, 0.29) is 11.5 Å². The number of rotatable bonds is 5. The van der Waals surface area contributed by atoms with E-state index in [1.807, 2.05) is 0 Å². The van der Waals surface area contributed by atoms with Gasteiger partial charge in [-0.05, 0) is 57.9 Å². The molecule has 0 bridgehead atoms. The Balaban J connectivity index is 2.25. The number of hydrogen-bond donors (Lipinski definition) is 3. The molecule has 0 aromatic carbocycles. The molecule has 1 amide bonds. The highest BCUT2D eigenvalue weighted by molar-refractivity contribution is 6.03. The van der Waals surface area contributed by atoms with Gasteiger partial charge in [0.1, 0.15) is 11.2 Å². The monoisotopic (exact) mass is 334 g/mol. The summed E-state index contributed by atoms with van der Waals surface area (Å²) in [5, 5.41) is 12.4. The van der Waals surface area contributed by atoms with E-state index >= 15 is 0 Å². The lowest BCUT2D eigenvalue weighted by molar-refractivity contribution is -0.146. The van der Waals surface area contributed by atoms with Crippen molar-refractivity contribution in [3.05, 3.63) is 22.5 Å². The Labute approximate surface area is 142 Å². The van der Waals surface area contributed by atoms with E-state index in [9.17, 15) is 19.5 Å². The number of Topliss-reactive ketones (excluding diaryl/α,β-unsaturated/α-hetero) is 1. The maximum atomic E-state index is 12.7.